The van der Waals surface area contributed by atoms with Crippen LogP contribution in [-0.2, 0) is 22.5 Å². The minimum atomic E-state index is 0.0709. The van der Waals surface area contributed by atoms with Gasteiger partial charge in [0, 0.05) is 6.54 Å². The lowest BCUT2D eigenvalue weighted by Gasteiger charge is -2.22. The maximum absolute atomic E-state index is 12.0. The molecule has 0 aromatic carbocycles. The average Bonchev–Trinajstić information content (AvgIpc) is 2.84. The molecule has 0 bridgehead atoms. The monoisotopic (exact) mass is 280 g/mol. The number of carbonyl (C=O) groups excluding carboxylic acids is 1. The Morgan fingerprint density at radius 2 is 2.25 bits per heavy atom. The van der Waals surface area contributed by atoms with Gasteiger partial charge >= 0.3 is 0 Å². The van der Waals surface area contributed by atoms with E-state index in [1.54, 1.807) is 0 Å². The molecule has 0 saturated carbocycles. The van der Waals surface area contributed by atoms with Gasteiger partial charge in [0.1, 0.15) is 18.8 Å². The number of nitrogens with one attached hydrogen (secondary N) is 1. The van der Waals surface area contributed by atoms with Crippen molar-refractivity contribution in [1.29, 1.82) is 0 Å². The molecule has 6 heteroatoms. The minimum Gasteiger partial charge on any atom is -0.370 e. The molecule has 0 amide bonds. The van der Waals surface area contributed by atoms with Gasteiger partial charge in [0.05, 0.1) is 12.5 Å². The molecular weight excluding hydrogens is 256 g/mol. The van der Waals surface area contributed by atoms with Crippen LogP contribution in [0.15, 0.2) is 6.33 Å². The van der Waals surface area contributed by atoms with Crippen LogP contribution in [0.25, 0.3) is 0 Å². The summed E-state index contributed by atoms with van der Waals surface area (Å²) in [6.07, 6.45) is 4.00. The van der Waals surface area contributed by atoms with Crippen molar-refractivity contribution in [2.45, 2.75) is 45.8 Å². The number of Topliss-reactive ketones (excluding diaryl/α,β-unsaturated/α-hetero) is 1. The third kappa shape index (κ3) is 4.68. The Bertz CT molecular complexity index is 425. The van der Waals surface area contributed by atoms with Crippen LogP contribution in [0.3, 0.4) is 0 Å². The lowest BCUT2D eigenvalue weighted by molar-refractivity contribution is -0.125. The molecule has 6 nitrogen and oxygen atoms in total. The van der Waals surface area contributed by atoms with Crippen LogP contribution in [0.5, 0.6) is 0 Å². The third-order valence-electron chi connectivity index (χ3n) is 3.36. The quantitative estimate of drug-likeness (QED) is 0.800. The second kappa shape index (κ2) is 7.50. The number of nitrogens with zero attached hydrogens (tertiary/aromatic N) is 3. The first-order chi connectivity index (χ1) is 9.65. The van der Waals surface area contributed by atoms with E-state index in [4.69, 9.17) is 4.74 Å². The molecule has 1 N–H and O–H groups in total. The lowest BCUT2D eigenvalue weighted by Crippen LogP contribution is -2.33. The largest absolute Gasteiger partial charge is 0.370 e. The minimum absolute atomic E-state index is 0.0709. The first-order valence-corrected chi connectivity index (χ1v) is 7.36. The van der Waals surface area contributed by atoms with Gasteiger partial charge in [-0.15, -0.1) is 0 Å². The van der Waals surface area contributed by atoms with Crippen molar-refractivity contribution >= 4 is 5.78 Å². The average molecular weight is 280 g/mol. The standard InChI is InChI=1S/C14H24N4O2/c1-11(2)8-18-14(16-10-17-18)7-12(19)9-20-13-3-5-15-6-4-13/h10-11,13,15H,3-9H2,1-2H3. The van der Waals surface area contributed by atoms with Gasteiger partial charge in [-0.05, 0) is 31.8 Å². The fraction of sp³-hybridized carbons (Fsp3) is 0.786. The molecule has 20 heavy (non-hydrogen) atoms. The molecule has 0 radical (unpaired) electrons. The molecule has 1 aliphatic heterocycles. The van der Waals surface area contributed by atoms with Crippen LogP contribution in [0.2, 0.25) is 0 Å². The van der Waals surface area contributed by atoms with E-state index in [1.807, 2.05) is 4.68 Å². The number of ketones is 1. The molecule has 0 spiro atoms. The molecule has 1 aromatic rings. The van der Waals surface area contributed by atoms with Gasteiger partial charge in [-0.2, -0.15) is 5.10 Å². The van der Waals surface area contributed by atoms with Crippen molar-refractivity contribution in [2.75, 3.05) is 19.7 Å². The predicted octanol–water partition coefficient (Wildman–Crippen LogP) is 0.814. The number of rotatable bonds is 7. The summed E-state index contributed by atoms with van der Waals surface area (Å²) in [5.41, 5.74) is 0. The Balaban J connectivity index is 1.77. The van der Waals surface area contributed by atoms with Gasteiger partial charge in [-0.1, -0.05) is 13.8 Å². The molecule has 2 rings (SSSR count). The van der Waals surface area contributed by atoms with Crippen LogP contribution < -0.4 is 5.32 Å². The van der Waals surface area contributed by atoms with E-state index < -0.39 is 0 Å². The van der Waals surface area contributed by atoms with Gasteiger partial charge in [-0.3, -0.25) is 4.79 Å². The van der Waals surface area contributed by atoms with Crippen molar-refractivity contribution in [2.24, 2.45) is 5.92 Å². The molecule has 112 valence electrons. The molecule has 0 aliphatic carbocycles. The summed E-state index contributed by atoms with van der Waals surface area (Å²) >= 11 is 0. The zero-order valence-electron chi connectivity index (χ0n) is 12.3. The second-order valence-corrected chi connectivity index (χ2v) is 5.73. The van der Waals surface area contributed by atoms with E-state index in [-0.39, 0.29) is 18.5 Å². The van der Waals surface area contributed by atoms with Crippen LogP contribution in [-0.4, -0.2) is 46.3 Å². The Hall–Kier alpha value is -1.27. The number of piperidine rings is 1. The maximum atomic E-state index is 12.0. The number of ether oxygens (including phenoxy) is 1. The second-order valence-electron chi connectivity index (χ2n) is 5.73. The van der Waals surface area contributed by atoms with Crippen LogP contribution in [0, 0.1) is 5.92 Å². The summed E-state index contributed by atoms with van der Waals surface area (Å²) in [6, 6.07) is 0. The van der Waals surface area contributed by atoms with Crippen molar-refractivity contribution in [3.05, 3.63) is 12.2 Å². The third-order valence-corrected chi connectivity index (χ3v) is 3.36. The summed E-state index contributed by atoms with van der Waals surface area (Å²) < 4.78 is 7.48. The highest BCUT2D eigenvalue weighted by atomic mass is 16.5. The fourth-order valence-corrected chi connectivity index (χ4v) is 2.32. The molecule has 1 aromatic heterocycles. The Morgan fingerprint density at radius 1 is 1.50 bits per heavy atom. The summed E-state index contributed by atoms with van der Waals surface area (Å²) in [5.74, 6) is 1.29. The molecular formula is C14H24N4O2. The molecule has 0 unspecified atom stereocenters. The number of carbonyl (C=O) groups is 1. The van der Waals surface area contributed by atoms with Crippen molar-refractivity contribution in [1.82, 2.24) is 20.1 Å². The normalized spacial score (nSPS) is 16.8. The first kappa shape index (κ1) is 15.1. The smallest absolute Gasteiger partial charge is 0.166 e. The Labute approximate surface area is 119 Å². The fourth-order valence-electron chi connectivity index (χ4n) is 2.32. The van der Waals surface area contributed by atoms with Gasteiger partial charge in [0.2, 0.25) is 0 Å². The number of hydrogen-bond donors (Lipinski definition) is 1. The highest BCUT2D eigenvalue weighted by Gasteiger charge is 2.16. The van der Waals surface area contributed by atoms with Crippen molar-refractivity contribution < 1.29 is 9.53 Å². The first-order valence-electron chi connectivity index (χ1n) is 7.36. The predicted molar refractivity (Wildman–Crippen MR) is 75.4 cm³/mol. The highest BCUT2D eigenvalue weighted by molar-refractivity contribution is 5.81. The van der Waals surface area contributed by atoms with E-state index in [1.165, 1.54) is 6.33 Å². The van der Waals surface area contributed by atoms with Crippen molar-refractivity contribution in [3.8, 4) is 0 Å². The van der Waals surface area contributed by atoms with Gasteiger partial charge < -0.3 is 10.1 Å². The van der Waals surface area contributed by atoms with Gasteiger partial charge in [0.15, 0.2) is 5.78 Å². The van der Waals surface area contributed by atoms with Crippen molar-refractivity contribution in [3.63, 3.8) is 0 Å². The van der Waals surface area contributed by atoms with E-state index in [9.17, 15) is 4.79 Å². The van der Waals surface area contributed by atoms with Gasteiger partial charge in [0.25, 0.3) is 0 Å². The molecule has 0 atom stereocenters. The zero-order chi connectivity index (χ0) is 14.4. The lowest BCUT2D eigenvalue weighted by atomic mass is 10.1. The molecule has 1 fully saturated rings. The van der Waals surface area contributed by atoms with Crippen LogP contribution in [0.4, 0.5) is 0 Å². The van der Waals surface area contributed by atoms with E-state index in [0.29, 0.717) is 12.3 Å². The number of hydrogen-bond acceptors (Lipinski definition) is 5. The van der Waals surface area contributed by atoms with E-state index in [0.717, 1.165) is 38.3 Å². The highest BCUT2D eigenvalue weighted by Crippen LogP contribution is 2.08. The van der Waals surface area contributed by atoms with E-state index in [2.05, 4.69) is 29.2 Å². The SMILES string of the molecule is CC(C)Cn1ncnc1CC(=O)COC1CCNCC1. The Morgan fingerprint density at radius 3 is 2.95 bits per heavy atom. The topological polar surface area (TPSA) is 69.0 Å². The maximum Gasteiger partial charge on any atom is 0.166 e. The summed E-state index contributed by atoms with van der Waals surface area (Å²) in [5, 5.41) is 7.44. The molecule has 1 aliphatic rings. The van der Waals surface area contributed by atoms with Crippen LogP contribution >= 0.6 is 0 Å². The van der Waals surface area contributed by atoms with Gasteiger partial charge in [-0.25, -0.2) is 9.67 Å². The molecule has 2 heterocycles. The molecule has 1 saturated heterocycles. The summed E-state index contributed by atoms with van der Waals surface area (Å²) in [7, 11) is 0. The zero-order valence-corrected chi connectivity index (χ0v) is 12.3. The summed E-state index contributed by atoms with van der Waals surface area (Å²) in [4.78, 5) is 16.1. The van der Waals surface area contributed by atoms with Crippen LogP contribution in [0.1, 0.15) is 32.5 Å². The number of aromatic nitrogens is 3. The Kier molecular flexibility index (Phi) is 5.67. The summed E-state index contributed by atoms with van der Waals surface area (Å²) in [6.45, 7) is 7.15. The van der Waals surface area contributed by atoms with E-state index >= 15 is 0 Å².